The van der Waals surface area contributed by atoms with E-state index in [0.717, 1.165) is 13.4 Å². The molecule has 0 atom stereocenters. The van der Waals surface area contributed by atoms with Gasteiger partial charge < -0.3 is 9.47 Å². The van der Waals surface area contributed by atoms with Crippen LogP contribution in [0.1, 0.15) is 16.1 Å². The molecule has 0 bridgehead atoms. The fourth-order valence-corrected chi connectivity index (χ4v) is 1.08. The van der Waals surface area contributed by atoms with Gasteiger partial charge in [-0.3, -0.25) is 0 Å². The Morgan fingerprint density at radius 3 is 2.82 bits per heavy atom. The van der Waals surface area contributed by atoms with Crippen LogP contribution in [0.3, 0.4) is 0 Å². The van der Waals surface area contributed by atoms with Gasteiger partial charge in [0, 0.05) is 0 Å². The molecule has 5 nitrogen and oxygen atoms in total. The highest BCUT2D eigenvalue weighted by Gasteiger charge is 2.20. The van der Waals surface area contributed by atoms with Gasteiger partial charge in [0.15, 0.2) is 6.61 Å². The molecule has 1 aromatic rings. The number of hydrogen-bond donors (Lipinski definition) is 0. The van der Waals surface area contributed by atoms with Gasteiger partial charge in [-0.05, 0) is 6.08 Å². The zero-order valence-electron chi connectivity index (χ0n) is 9.02. The molecule has 1 rings (SSSR count). The second-order valence-corrected chi connectivity index (χ2v) is 2.84. The first-order valence-electron chi connectivity index (χ1n) is 4.56. The van der Waals surface area contributed by atoms with E-state index in [1.807, 2.05) is 0 Å². The Morgan fingerprint density at radius 1 is 1.59 bits per heavy atom. The first-order valence-corrected chi connectivity index (χ1v) is 4.56. The third-order valence-electron chi connectivity index (χ3n) is 1.77. The molecule has 0 aliphatic rings. The molecule has 0 saturated carbocycles. The van der Waals surface area contributed by atoms with E-state index in [1.54, 1.807) is 0 Å². The first-order chi connectivity index (χ1) is 8.10. The maximum atomic E-state index is 12.0. The summed E-state index contributed by atoms with van der Waals surface area (Å²) in [4.78, 5) is 18.8. The Labute approximate surface area is 96.1 Å². The van der Waals surface area contributed by atoms with Crippen LogP contribution in [-0.2, 0) is 4.74 Å². The highest BCUT2D eigenvalue weighted by Crippen LogP contribution is 2.20. The molecule has 0 amide bonds. The Kier molecular flexibility index (Phi) is 4.50. The van der Waals surface area contributed by atoms with E-state index >= 15 is 0 Å². The monoisotopic (exact) mass is 244 g/mol. The topological polar surface area (TPSA) is 61.3 Å². The lowest BCUT2D eigenvalue weighted by atomic mass is 10.2. The molecule has 7 heteroatoms. The predicted molar refractivity (Wildman–Crippen MR) is 55.0 cm³/mol. The largest absolute Gasteiger partial charge is 0.471 e. The molecule has 0 saturated heterocycles. The highest BCUT2D eigenvalue weighted by atomic mass is 19.3. The smallest absolute Gasteiger partial charge is 0.345 e. The van der Waals surface area contributed by atoms with Crippen LogP contribution in [0.2, 0.25) is 0 Å². The summed E-state index contributed by atoms with van der Waals surface area (Å²) in [5.74, 6) is -1.02. The number of methoxy groups -OCH3 is 1. The number of halogens is 2. The van der Waals surface area contributed by atoms with Crippen molar-refractivity contribution >= 4 is 12.0 Å². The SMILES string of the molecule is C=Cc1ncnc(OCC(F)F)c1C(=O)OC. The molecule has 0 spiro atoms. The maximum Gasteiger partial charge on any atom is 0.345 e. The molecular formula is C10H10F2N2O3. The summed E-state index contributed by atoms with van der Waals surface area (Å²) in [7, 11) is 1.15. The van der Waals surface area contributed by atoms with Gasteiger partial charge in [0.05, 0.1) is 12.8 Å². The summed E-state index contributed by atoms with van der Waals surface area (Å²) in [5, 5.41) is 0. The molecule has 92 valence electrons. The standard InChI is InChI=1S/C10H10F2N2O3/c1-3-6-8(10(15)16-2)9(14-5-13-6)17-4-7(11)12/h3,5,7H,1,4H2,2H3. The van der Waals surface area contributed by atoms with Gasteiger partial charge in [-0.25, -0.2) is 23.5 Å². The Bertz CT molecular complexity index is 424. The van der Waals surface area contributed by atoms with E-state index in [0.29, 0.717) is 0 Å². The number of esters is 1. The van der Waals surface area contributed by atoms with Gasteiger partial charge in [-0.1, -0.05) is 6.58 Å². The van der Waals surface area contributed by atoms with Gasteiger partial charge in [0.1, 0.15) is 11.9 Å². The van der Waals surface area contributed by atoms with Gasteiger partial charge in [-0.15, -0.1) is 0 Å². The van der Waals surface area contributed by atoms with Crippen molar-refractivity contribution < 1.29 is 23.0 Å². The van der Waals surface area contributed by atoms with Crippen molar-refractivity contribution in [3.63, 3.8) is 0 Å². The highest BCUT2D eigenvalue weighted by molar-refractivity contribution is 5.95. The van der Waals surface area contributed by atoms with Crippen molar-refractivity contribution in [1.29, 1.82) is 0 Å². The number of nitrogens with zero attached hydrogens (tertiary/aromatic N) is 2. The van der Waals surface area contributed by atoms with Gasteiger partial charge >= 0.3 is 5.97 Å². The average molecular weight is 244 g/mol. The third-order valence-corrected chi connectivity index (χ3v) is 1.77. The Balaban J connectivity index is 3.10. The minimum absolute atomic E-state index is 0.120. The summed E-state index contributed by atoms with van der Waals surface area (Å²) >= 11 is 0. The molecule has 17 heavy (non-hydrogen) atoms. The van der Waals surface area contributed by atoms with E-state index < -0.39 is 19.0 Å². The van der Waals surface area contributed by atoms with Crippen LogP contribution in [0.25, 0.3) is 6.08 Å². The summed E-state index contributed by atoms with van der Waals surface area (Å²) in [5.41, 5.74) is 0.0433. The zero-order valence-corrected chi connectivity index (χ0v) is 9.02. The van der Waals surface area contributed by atoms with Crippen LogP contribution in [0.4, 0.5) is 8.78 Å². The predicted octanol–water partition coefficient (Wildman–Crippen LogP) is 1.55. The number of carbonyl (C=O) groups is 1. The molecule has 0 unspecified atom stereocenters. The number of ether oxygens (including phenoxy) is 2. The van der Waals surface area contributed by atoms with Gasteiger partial charge in [0.25, 0.3) is 6.43 Å². The second-order valence-electron chi connectivity index (χ2n) is 2.84. The summed E-state index contributed by atoms with van der Waals surface area (Å²) in [6, 6.07) is 0. The van der Waals surface area contributed by atoms with Crippen molar-refractivity contribution in [2.75, 3.05) is 13.7 Å². The normalized spacial score (nSPS) is 10.1. The molecule has 0 aromatic carbocycles. The van der Waals surface area contributed by atoms with Crippen LogP contribution in [0, 0.1) is 0 Å². The number of hydrogen-bond acceptors (Lipinski definition) is 5. The van der Waals surface area contributed by atoms with E-state index in [1.165, 1.54) is 6.08 Å². The van der Waals surface area contributed by atoms with Crippen molar-refractivity contribution in [1.82, 2.24) is 9.97 Å². The van der Waals surface area contributed by atoms with E-state index in [9.17, 15) is 13.6 Å². The summed E-state index contributed by atoms with van der Waals surface area (Å²) in [6.45, 7) is 2.58. The lowest BCUT2D eigenvalue weighted by Crippen LogP contribution is -2.14. The fourth-order valence-electron chi connectivity index (χ4n) is 1.08. The molecule has 1 heterocycles. The maximum absolute atomic E-state index is 12.0. The number of aromatic nitrogens is 2. The summed E-state index contributed by atoms with van der Waals surface area (Å²) in [6.07, 6.45) is -0.296. The molecular weight excluding hydrogens is 234 g/mol. The van der Waals surface area contributed by atoms with Crippen molar-refractivity contribution in [3.8, 4) is 5.88 Å². The van der Waals surface area contributed by atoms with Gasteiger partial charge in [-0.2, -0.15) is 0 Å². The molecule has 0 radical (unpaired) electrons. The van der Waals surface area contributed by atoms with Crippen molar-refractivity contribution in [2.45, 2.75) is 6.43 Å². The van der Waals surface area contributed by atoms with E-state index in [2.05, 4.69) is 21.3 Å². The van der Waals surface area contributed by atoms with Crippen LogP contribution in [0.5, 0.6) is 5.88 Å². The minimum Gasteiger partial charge on any atom is -0.471 e. The average Bonchev–Trinajstić information content (AvgIpc) is 2.34. The third kappa shape index (κ3) is 3.20. The number of rotatable bonds is 5. The van der Waals surface area contributed by atoms with Gasteiger partial charge in [0.2, 0.25) is 5.88 Å². The van der Waals surface area contributed by atoms with Crippen LogP contribution in [0.15, 0.2) is 12.9 Å². The lowest BCUT2D eigenvalue weighted by molar-refractivity contribution is 0.0572. The van der Waals surface area contributed by atoms with Crippen LogP contribution < -0.4 is 4.74 Å². The number of alkyl halides is 2. The minimum atomic E-state index is -2.66. The van der Waals surface area contributed by atoms with Crippen LogP contribution in [-0.4, -0.2) is 36.1 Å². The zero-order chi connectivity index (χ0) is 12.8. The Morgan fingerprint density at radius 2 is 2.29 bits per heavy atom. The second kappa shape index (κ2) is 5.88. The molecule has 1 aromatic heterocycles. The van der Waals surface area contributed by atoms with E-state index in [-0.39, 0.29) is 17.1 Å². The lowest BCUT2D eigenvalue weighted by Gasteiger charge is -2.09. The molecule has 0 aliphatic heterocycles. The first kappa shape index (κ1) is 13.0. The number of carbonyl (C=O) groups excluding carboxylic acids is 1. The quantitative estimate of drug-likeness (QED) is 0.735. The molecule has 0 aliphatic carbocycles. The van der Waals surface area contributed by atoms with Crippen LogP contribution >= 0.6 is 0 Å². The van der Waals surface area contributed by atoms with E-state index in [4.69, 9.17) is 4.74 Å². The molecule has 0 fully saturated rings. The fraction of sp³-hybridized carbons (Fsp3) is 0.300. The summed E-state index contributed by atoms with van der Waals surface area (Å²) < 4.78 is 33.2. The van der Waals surface area contributed by atoms with Crippen molar-refractivity contribution in [2.24, 2.45) is 0 Å². The Hall–Kier alpha value is -2.05. The van der Waals surface area contributed by atoms with Crippen molar-refractivity contribution in [3.05, 3.63) is 24.2 Å². The molecule has 0 N–H and O–H groups in total.